The van der Waals surface area contributed by atoms with Gasteiger partial charge >= 0.3 is 6.09 Å². The summed E-state index contributed by atoms with van der Waals surface area (Å²) < 4.78 is 5.30. The van der Waals surface area contributed by atoms with Crippen molar-refractivity contribution in [2.45, 2.75) is 18.9 Å². The van der Waals surface area contributed by atoms with E-state index in [0.717, 1.165) is 5.69 Å². The highest BCUT2D eigenvalue weighted by atomic mass is 16.5. The number of nitrogens with zero attached hydrogens (tertiary/aromatic N) is 2. The lowest BCUT2D eigenvalue weighted by molar-refractivity contribution is 0.0957. The molecule has 2 aromatic carbocycles. The molecule has 0 bridgehead atoms. The van der Waals surface area contributed by atoms with Crippen LogP contribution in [0.1, 0.15) is 23.2 Å². The summed E-state index contributed by atoms with van der Waals surface area (Å²) in [6.45, 7) is 0.838. The van der Waals surface area contributed by atoms with Crippen molar-refractivity contribution >= 4 is 17.7 Å². The normalized spacial score (nSPS) is 14.7. The van der Waals surface area contributed by atoms with E-state index in [1.807, 2.05) is 42.5 Å². The Morgan fingerprint density at radius 2 is 1.77 bits per heavy atom. The summed E-state index contributed by atoms with van der Waals surface area (Å²) in [6, 6.07) is 16.5. The minimum atomic E-state index is -0.911. The van der Waals surface area contributed by atoms with Gasteiger partial charge < -0.3 is 19.6 Å². The molecule has 0 radical (unpaired) electrons. The van der Waals surface area contributed by atoms with E-state index in [1.165, 1.54) is 4.90 Å². The fraction of sp³-hybridized carbons (Fsp3) is 0.300. The lowest BCUT2D eigenvalue weighted by Gasteiger charge is -2.37. The molecule has 1 aliphatic heterocycles. The predicted molar refractivity (Wildman–Crippen MR) is 98.9 cm³/mol. The Bertz CT molecular complexity index is 770. The number of amides is 2. The molecule has 0 aromatic heterocycles. The van der Waals surface area contributed by atoms with Crippen LogP contribution in [0, 0.1) is 0 Å². The fourth-order valence-corrected chi connectivity index (χ4v) is 3.29. The van der Waals surface area contributed by atoms with E-state index < -0.39 is 6.09 Å². The lowest BCUT2D eigenvalue weighted by Crippen LogP contribution is -2.48. The van der Waals surface area contributed by atoms with E-state index in [9.17, 15) is 9.59 Å². The Morgan fingerprint density at radius 3 is 2.38 bits per heavy atom. The maximum Gasteiger partial charge on any atom is 0.407 e. The number of hydrogen-bond acceptors (Lipinski definition) is 3. The van der Waals surface area contributed by atoms with E-state index in [-0.39, 0.29) is 11.9 Å². The van der Waals surface area contributed by atoms with Gasteiger partial charge in [0.15, 0.2) is 0 Å². The minimum Gasteiger partial charge on any atom is -0.497 e. The first-order chi connectivity index (χ1) is 12.6. The molecule has 1 fully saturated rings. The zero-order valence-electron chi connectivity index (χ0n) is 14.7. The van der Waals surface area contributed by atoms with E-state index >= 15 is 0 Å². The molecule has 1 heterocycles. The lowest BCUT2D eigenvalue weighted by atomic mass is 10.0. The number of carboxylic acid groups (broad SMARTS) is 1. The number of hydrogen-bond donors (Lipinski definition) is 1. The molecular formula is C20H22N2O4. The first-order valence-corrected chi connectivity index (χ1v) is 8.60. The van der Waals surface area contributed by atoms with Crippen molar-refractivity contribution in [1.82, 2.24) is 4.90 Å². The highest BCUT2D eigenvalue weighted by Crippen LogP contribution is 2.28. The zero-order chi connectivity index (χ0) is 18.5. The number of carbonyl (C=O) groups excluding carboxylic acids is 1. The summed E-state index contributed by atoms with van der Waals surface area (Å²) in [4.78, 5) is 27.6. The Morgan fingerprint density at radius 1 is 1.08 bits per heavy atom. The third kappa shape index (κ3) is 3.79. The van der Waals surface area contributed by atoms with E-state index in [0.29, 0.717) is 37.2 Å². The second-order valence-electron chi connectivity index (χ2n) is 6.24. The zero-order valence-corrected chi connectivity index (χ0v) is 14.7. The molecule has 26 heavy (non-hydrogen) atoms. The van der Waals surface area contributed by atoms with Crippen molar-refractivity contribution in [2.24, 2.45) is 0 Å². The third-order valence-corrected chi connectivity index (χ3v) is 4.67. The van der Waals surface area contributed by atoms with Crippen LogP contribution < -0.4 is 9.64 Å². The highest BCUT2D eigenvalue weighted by molar-refractivity contribution is 6.06. The Balaban J connectivity index is 1.91. The van der Waals surface area contributed by atoms with Crippen LogP contribution in [0.5, 0.6) is 5.75 Å². The van der Waals surface area contributed by atoms with E-state index in [2.05, 4.69) is 0 Å². The number of ether oxygens (including phenoxy) is 1. The molecule has 136 valence electrons. The fourth-order valence-electron chi connectivity index (χ4n) is 3.29. The molecule has 2 aromatic rings. The quantitative estimate of drug-likeness (QED) is 0.912. The summed E-state index contributed by atoms with van der Waals surface area (Å²) in [6.07, 6.45) is 0.287. The van der Waals surface area contributed by atoms with Gasteiger partial charge in [-0.25, -0.2) is 4.79 Å². The molecule has 1 aliphatic rings. The first kappa shape index (κ1) is 17.8. The maximum absolute atomic E-state index is 13.2. The van der Waals surface area contributed by atoms with Crippen LogP contribution in [0.25, 0.3) is 0 Å². The molecule has 0 saturated carbocycles. The van der Waals surface area contributed by atoms with Gasteiger partial charge in [0.25, 0.3) is 5.91 Å². The molecule has 0 spiro atoms. The van der Waals surface area contributed by atoms with Gasteiger partial charge in [0.2, 0.25) is 0 Å². The molecule has 3 rings (SSSR count). The van der Waals surface area contributed by atoms with Crippen LogP contribution in [0.4, 0.5) is 10.5 Å². The molecule has 0 unspecified atom stereocenters. The van der Waals surface area contributed by atoms with Gasteiger partial charge in [-0.05, 0) is 37.1 Å². The summed E-state index contributed by atoms with van der Waals surface area (Å²) in [7, 11) is 1.59. The smallest absolute Gasteiger partial charge is 0.407 e. The van der Waals surface area contributed by atoms with Crippen LogP contribution in [-0.4, -0.2) is 48.2 Å². The van der Waals surface area contributed by atoms with Crippen molar-refractivity contribution in [1.29, 1.82) is 0 Å². The van der Waals surface area contributed by atoms with Crippen LogP contribution in [0.15, 0.2) is 54.6 Å². The van der Waals surface area contributed by atoms with Gasteiger partial charge in [-0.3, -0.25) is 4.79 Å². The summed E-state index contributed by atoms with van der Waals surface area (Å²) in [5, 5.41) is 9.16. The van der Waals surface area contributed by atoms with Gasteiger partial charge in [-0.2, -0.15) is 0 Å². The monoisotopic (exact) mass is 354 g/mol. The Kier molecular flexibility index (Phi) is 5.41. The highest BCUT2D eigenvalue weighted by Gasteiger charge is 2.31. The number of rotatable bonds is 4. The van der Waals surface area contributed by atoms with Crippen molar-refractivity contribution in [3.05, 3.63) is 60.2 Å². The topological polar surface area (TPSA) is 70.1 Å². The van der Waals surface area contributed by atoms with Gasteiger partial charge in [0.1, 0.15) is 5.75 Å². The maximum atomic E-state index is 13.2. The summed E-state index contributed by atoms with van der Waals surface area (Å²) in [5.74, 6) is 0.587. The van der Waals surface area contributed by atoms with E-state index in [1.54, 1.807) is 24.1 Å². The Hall–Kier alpha value is -3.02. The minimum absolute atomic E-state index is 0.0644. The number of methoxy groups -OCH3 is 1. The van der Waals surface area contributed by atoms with Crippen molar-refractivity contribution in [2.75, 3.05) is 25.1 Å². The number of benzene rings is 2. The number of anilines is 1. The van der Waals surface area contributed by atoms with Gasteiger partial charge in [-0.15, -0.1) is 0 Å². The number of likely N-dealkylation sites (tertiary alicyclic amines) is 1. The molecular weight excluding hydrogens is 332 g/mol. The molecule has 1 N–H and O–H groups in total. The molecule has 0 aliphatic carbocycles. The molecule has 2 amide bonds. The average Bonchev–Trinajstić information content (AvgIpc) is 2.69. The first-order valence-electron chi connectivity index (χ1n) is 8.60. The van der Waals surface area contributed by atoms with Gasteiger partial charge in [0.05, 0.1) is 7.11 Å². The average molecular weight is 354 g/mol. The predicted octanol–water partition coefficient (Wildman–Crippen LogP) is 3.48. The third-order valence-electron chi connectivity index (χ3n) is 4.67. The standard InChI is InChI=1S/C20H22N2O4/c1-26-18-9-5-8-17(14-18)22(19(23)15-6-3-2-4-7-15)16-10-12-21(13-11-16)20(24)25/h2-9,14,16H,10-13H2,1H3,(H,24,25). The van der Waals surface area contributed by atoms with Crippen LogP contribution >= 0.6 is 0 Å². The van der Waals surface area contributed by atoms with Crippen LogP contribution in [-0.2, 0) is 0 Å². The van der Waals surface area contributed by atoms with Crippen LogP contribution in [0.3, 0.4) is 0 Å². The molecule has 0 atom stereocenters. The number of carbonyl (C=O) groups is 2. The Labute approximate surface area is 152 Å². The number of piperidine rings is 1. The second-order valence-corrected chi connectivity index (χ2v) is 6.24. The molecule has 6 heteroatoms. The summed E-state index contributed by atoms with van der Waals surface area (Å²) in [5.41, 5.74) is 1.36. The van der Waals surface area contributed by atoms with Gasteiger partial charge in [0, 0.05) is 36.4 Å². The van der Waals surface area contributed by atoms with Crippen LogP contribution in [0.2, 0.25) is 0 Å². The van der Waals surface area contributed by atoms with Crippen molar-refractivity contribution < 1.29 is 19.4 Å². The summed E-state index contributed by atoms with van der Waals surface area (Å²) >= 11 is 0. The van der Waals surface area contributed by atoms with Crippen molar-refractivity contribution in [3.63, 3.8) is 0 Å². The van der Waals surface area contributed by atoms with Crippen molar-refractivity contribution in [3.8, 4) is 5.75 Å². The van der Waals surface area contributed by atoms with Gasteiger partial charge in [-0.1, -0.05) is 24.3 Å². The SMILES string of the molecule is COc1cccc(N(C(=O)c2ccccc2)C2CCN(C(=O)O)CC2)c1. The molecule has 6 nitrogen and oxygen atoms in total. The second kappa shape index (κ2) is 7.91. The van der Waals surface area contributed by atoms with E-state index in [4.69, 9.17) is 9.84 Å². The largest absolute Gasteiger partial charge is 0.497 e. The molecule has 1 saturated heterocycles.